The van der Waals surface area contributed by atoms with E-state index in [0.717, 1.165) is 0 Å². The quantitative estimate of drug-likeness (QED) is 0.544. The molecule has 0 atom stereocenters. The topological polar surface area (TPSA) is 89.0 Å². The van der Waals surface area contributed by atoms with Crippen LogP contribution in [0.3, 0.4) is 0 Å². The highest BCUT2D eigenvalue weighted by Gasteiger charge is 2.10. The van der Waals surface area contributed by atoms with Crippen molar-refractivity contribution in [3.05, 3.63) is 52.5 Å². The SMILES string of the molecule is COc1cc(Cl)c(/C=N/NC(=O)c2ccc(NC(=O)C(C)C)cc2)cc1OC. The summed E-state index contributed by atoms with van der Waals surface area (Å²) in [5.41, 5.74) is 4.02. The molecule has 8 heteroatoms. The molecule has 0 spiro atoms. The zero-order valence-electron chi connectivity index (χ0n) is 16.1. The maximum Gasteiger partial charge on any atom is 0.271 e. The van der Waals surface area contributed by atoms with Crippen LogP contribution in [0.5, 0.6) is 11.5 Å². The van der Waals surface area contributed by atoms with Gasteiger partial charge in [0.05, 0.1) is 25.5 Å². The molecule has 148 valence electrons. The Balaban J connectivity index is 2.03. The molecule has 2 aromatic rings. The molecule has 2 rings (SSSR count). The Kier molecular flexibility index (Phi) is 7.40. The van der Waals surface area contributed by atoms with Crippen molar-refractivity contribution in [2.24, 2.45) is 11.0 Å². The van der Waals surface area contributed by atoms with Crippen molar-refractivity contribution >= 4 is 35.3 Å². The van der Waals surface area contributed by atoms with Gasteiger partial charge in [-0.2, -0.15) is 5.10 Å². The van der Waals surface area contributed by atoms with Crippen molar-refractivity contribution in [2.75, 3.05) is 19.5 Å². The van der Waals surface area contributed by atoms with Gasteiger partial charge in [-0.25, -0.2) is 5.43 Å². The molecule has 0 aliphatic heterocycles. The van der Waals surface area contributed by atoms with Crippen LogP contribution in [-0.4, -0.2) is 32.2 Å². The van der Waals surface area contributed by atoms with E-state index in [4.69, 9.17) is 21.1 Å². The number of carbonyl (C=O) groups is 2. The minimum absolute atomic E-state index is 0.0893. The van der Waals surface area contributed by atoms with E-state index < -0.39 is 5.91 Å². The lowest BCUT2D eigenvalue weighted by Crippen LogP contribution is -2.19. The molecule has 0 aliphatic carbocycles. The van der Waals surface area contributed by atoms with Gasteiger partial charge in [-0.15, -0.1) is 0 Å². The van der Waals surface area contributed by atoms with Gasteiger partial charge in [0, 0.05) is 28.8 Å². The van der Waals surface area contributed by atoms with E-state index in [1.54, 1.807) is 50.2 Å². The van der Waals surface area contributed by atoms with Gasteiger partial charge in [-0.3, -0.25) is 9.59 Å². The number of carbonyl (C=O) groups excluding carboxylic acids is 2. The molecule has 7 nitrogen and oxygen atoms in total. The van der Waals surface area contributed by atoms with E-state index in [1.807, 2.05) is 0 Å². The maximum absolute atomic E-state index is 12.2. The van der Waals surface area contributed by atoms with E-state index in [1.165, 1.54) is 20.4 Å². The van der Waals surface area contributed by atoms with E-state index in [2.05, 4.69) is 15.8 Å². The number of methoxy groups -OCH3 is 2. The Bertz CT molecular complexity index is 880. The summed E-state index contributed by atoms with van der Waals surface area (Å²) in [5, 5.41) is 7.09. The average Bonchev–Trinajstić information content (AvgIpc) is 2.69. The molecule has 0 radical (unpaired) electrons. The smallest absolute Gasteiger partial charge is 0.271 e. The van der Waals surface area contributed by atoms with Gasteiger partial charge in [0.2, 0.25) is 5.91 Å². The first-order valence-corrected chi connectivity index (χ1v) is 8.89. The number of hydrogen-bond donors (Lipinski definition) is 2. The molecule has 0 heterocycles. The van der Waals surface area contributed by atoms with Crippen molar-refractivity contribution in [2.45, 2.75) is 13.8 Å². The first-order chi connectivity index (χ1) is 13.3. The Labute approximate surface area is 168 Å². The van der Waals surface area contributed by atoms with Crippen molar-refractivity contribution in [3.63, 3.8) is 0 Å². The monoisotopic (exact) mass is 403 g/mol. The Morgan fingerprint density at radius 3 is 2.25 bits per heavy atom. The molecule has 2 N–H and O–H groups in total. The predicted octanol–water partition coefficient (Wildman–Crippen LogP) is 3.72. The van der Waals surface area contributed by atoms with Crippen LogP contribution >= 0.6 is 11.6 Å². The van der Waals surface area contributed by atoms with E-state index in [-0.39, 0.29) is 11.8 Å². The summed E-state index contributed by atoms with van der Waals surface area (Å²) >= 11 is 6.18. The summed E-state index contributed by atoms with van der Waals surface area (Å²) < 4.78 is 10.4. The number of anilines is 1. The fourth-order valence-electron chi connectivity index (χ4n) is 2.19. The summed E-state index contributed by atoms with van der Waals surface area (Å²) in [6, 6.07) is 9.78. The highest BCUT2D eigenvalue weighted by molar-refractivity contribution is 6.33. The second kappa shape index (κ2) is 9.75. The number of hydrogen-bond acceptors (Lipinski definition) is 5. The van der Waals surface area contributed by atoms with Gasteiger partial charge in [0.15, 0.2) is 11.5 Å². The Morgan fingerprint density at radius 1 is 1.07 bits per heavy atom. The van der Waals surface area contributed by atoms with Gasteiger partial charge in [-0.1, -0.05) is 25.4 Å². The van der Waals surface area contributed by atoms with E-state index >= 15 is 0 Å². The minimum Gasteiger partial charge on any atom is -0.493 e. The summed E-state index contributed by atoms with van der Waals surface area (Å²) in [6.07, 6.45) is 1.42. The molecule has 28 heavy (non-hydrogen) atoms. The minimum atomic E-state index is -0.394. The van der Waals surface area contributed by atoms with Crippen LogP contribution in [0.25, 0.3) is 0 Å². The van der Waals surface area contributed by atoms with Crippen LogP contribution < -0.4 is 20.2 Å². The molecule has 0 aromatic heterocycles. The molecule has 2 amide bonds. The number of benzene rings is 2. The van der Waals surface area contributed by atoms with Crippen LogP contribution in [0.2, 0.25) is 5.02 Å². The average molecular weight is 404 g/mol. The number of nitrogens with one attached hydrogen (secondary N) is 2. The van der Waals surface area contributed by atoms with E-state index in [0.29, 0.717) is 33.3 Å². The molecule has 0 bridgehead atoms. The van der Waals surface area contributed by atoms with Gasteiger partial charge < -0.3 is 14.8 Å². The zero-order chi connectivity index (χ0) is 20.7. The number of rotatable bonds is 7. The lowest BCUT2D eigenvalue weighted by Gasteiger charge is -2.09. The summed E-state index contributed by atoms with van der Waals surface area (Å²) in [4.78, 5) is 23.9. The van der Waals surface area contributed by atoms with Crippen LogP contribution in [-0.2, 0) is 4.79 Å². The number of hydrazone groups is 1. The Hall–Kier alpha value is -3.06. The van der Waals surface area contributed by atoms with Crippen molar-refractivity contribution in [1.29, 1.82) is 0 Å². The lowest BCUT2D eigenvalue weighted by atomic mass is 10.1. The largest absolute Gasteiger partial charge is 0.493 e. The summed E-state index contributed by atoms with van der Waals surface area (Å²) in [5.74, 6) is 0.390. The normalized spacial score (nSPS) is 10.8. The maximum atomic E-state index is 12.2. The number of ether oxygens (including phenoxy) is 2. The molecule has 2 aromatic carbocycles. The van der Waals surface area contributed by atoms with Crippen LogP contribution in [0.4, 0.5) is 5.69 Å². The second-order valence-corrected chi connectivity index (χ2v) is 6.56. The number of nitrogens with zero attached hydrogens (tertiary/aromatic N) is 1. The third kappa shape index (κ3) is 5.47. The molecule has 0 unspecified atom stereocenters. The van der Waals surface area contributed by atoms with Crippen molar-refractivity contribution in [3.8, 4) is 11.5 Å². The first-order valence-electron chi connectivity index (χ1n) is 8.51. The number of halogens is 1. The molecular weight excluding hydrogens is 382 g/mol. The Morgan fingerprint density at radius 2 is 1.68 bits per heavy atom. The lowest BCUT2D eigenvalue weighted by molar-refractivity contribution is -0.118. The van der Waals surface area contributed by atoms with Crippen molar-refractivity contribution < 1.29 is 19.1 Å². The second-order valence-electron chi connectivity index (χ2n) is 6.15. The van der Waals surface area contributed by atoms with E-state index in [9.17, 15) is 9.59 Å². The predicted molar refractivity (Wildman–Crippen MR) is 110 cm³/mol. The highest BCUT2D eigenvalue weighted by atomic mass is 35.5. The molecule has 0 aliphatic rings. The fraction of sp³-hybridized carbons (Fsp3) is 0.250. The third-order valence-corrected chi connectivity index (χ3v) is 4.14. The molecule has 0 fully saturated rings. The molecule has 0 saturated heterocycles. The van der Waals surface area contributed by atoms with Gasteiger partial charge >= 0.3 is 0 Å². The van der Waals surface area contributed by atoms with Crippen molar-refractivity contribution in [1.82, 2.24) is 5.43 Å². The standard InChI is InChI=1S/C20H22ClN3O4/c1-12(2)19(25)23-15-7-5-13(6-8-15)20(26)24-22-11-14-9-17(27-3)18(28-4)10-16(14)21/h5-12H,1-4H3,(H,23,25)(H,24,26)/b22-11+. The zero-order valence-corrected chi connectivity index (χ0v) is 16.8. The van der Waals surface area contributed by atoms with Crippen LogP contribution in [0.15, 0.2) is 41.5 Å². The fourth-order valence-corrected chi connectivity index (χ4v) is 2.39. The third-order valence-electron chi connectivity index (χ3n) is 3.81. The van der Waals surface area contributed by atoms with Gasteiger partial charge in [-0.05, 0) is 30.3 Å². The van der Waals surface area contributed by atoms with Crippen LogP contribution in [0, 0.1) is 5.92 Å². The first kappa shape index (κ1) is 21.2. The summed E-state index contributed by atoms with van der Waals surface area (Å²) in [7, 11) is 3.03. The summed E-state index contributed by atoms with van der Waals surface area (Å²) in [6.45, 7) is 3.61. The van der Waals surface area contributed by atoms with Crippen LogP contribution in [0.1, 0.15) is 29.8 Å². The van der Waals surface area contributed by atoms with Gasteiger partial charge in [0.25, 0.3) is 5.91 Å². The van der Waals surface area contributed by atoms with Gasteiger partial charge in [0.1, 0.15) is 0 Å². The molecule has 0 saturated carbocycles. The number of amides is 2. The molecular formula is C20H22ClN3O4. The highest BCUT2D eigenvalue weighted by Crippen LogP contribution is 2.32.